The third-order valence-corrected chi connectivity index (χ3v) is 11.6. The van der Waals surface area contributed by atoms with Gasteiger partial charge in [-0.25, -0.2) is 9.98 Å². The summed E-state index contributed by atoms with van der Waals surface area (Å²) in [5.74, 6) is -12.2. The summed E-state index contributed by atoms with van der Waals surface area (Å²) in [6.07, 6.45) is -0.0613. The van der Waals surface area contributed by atoms with Gasteiger partial charge in [-0.2, -0.15) is 0 Å². The Morgan fingerprint density at radius 2 is 0.855 bits per heavy atom. The molecule has 0 fully saturated rings. The van der Waals surface area contributed by atoms with Gasteiger partial charge in [0.2, 0.25) is 0 Å². The third-order valence-electron chi connectivity index (χ3n) is 11.6. The smallest absolute Gasteiger partial charge is 0.307 e. The predicted octanol–water partition coefficient (Wildman–Crippen LogP) is 4.55. The molecule has 0 amide bonds. The van der Waals surface area contributed by atoms with Crippen LogP contribution in [0.25, 0.3) is 0 Å². The van der Waals surface area contributed by atoms with Crippen LogP contribution in [0.1, 0.15) is 90.9 Å². The number of hydrogen-bond donors (Lipinski definition) is 8. The van der Waals surface area contributed by atoms with Gasteiger partial charge >= 0.3 is 47.8 Å². The van der Waals surface area contributed by atoms with Crippen LogP contribution >= 0.6 is 0 Å². The molecule has 20 nitrogen and oxygen atoms in total. The molecule has 5 rings (SSSR count). The van der Waals surface area contributed by atoms with Gasteiger partial charge < -0.3 is 40.9 Å². The molecule has 62 heavy (non-hydrogen) atoms. The molecule has 328 valence electrons. The lowest BCUT2D eigenvalue weighted by Crippen LogP contribution is -2.36. The number of aliphatic carboxylic acids is 8. The Kier molecular flexibility index (Phi) is 13.5. The number of carboxylic acids is 8. The van der Waals surface area contributed by atoms with Crippen molar-refractivity contribution in [1.82, 2.24) is 0 Å². The fraction of sp³-hybridized carbons (Fsp3) is 0.429. The second-order valence-electron chi connectivity index (χ2n) is 16.0. The Balaban J connectivity index is 1.97. The zero-order valence-corrected chi connectivity index (χ0v) is 33.6. The van der Waals surface area contributed by atoms with E-state index >= 15 is 0 Å². The van der Waals surface area contributed by atoms with Gasteiger partial charge in [-0.15, -0.1) is 0 Å². The van der Waals surface area contributed by atoms with Gasteiger partial charge in [0.25, 0.3) is 0 Å². The predicted molar refractivity (Wildman–Crippen MR) is 216 cm³/mol. The molecule has 5 aliphatic rings. The summed E-state index contributed by atoms with van der Waals surface area (Å²) in [4.78, 5) is 117. The average Bonchev–Trinajstić information content (AvgIpc) is 3.77. The van der Waals surface area contributed by atoms with Crippen molar-refractivity contribution >= 4 is 70.6 Å². The lowest BCUT2D eigenvalue weighted by molar-refractivity contribution is -0.140. The molecule has 5 aliphatic heterocycles. The van der Waals surface area contributed by atoms with E-state index in [1.54, 1.807) is 0 Å². The highest BCUT2D eigenvalue weighted by molar-refractivity contribution is 6.19. The standard InChI is InChI=1S/C42H44N4O16/c1-41(17-39(59)60)23(5-9-35(51)52)29-14-27-21(11-37(55)56)19(3-7-33(47)48)25(43-27)13-26-20(4-8-34(49)50)22(12-38(57)58)28(44-26)15-31-42(2,18-40(61)62)24(6-10-36(53)54)30(46-31)16-32(41)45-29/h13-16,23-24H,3-12,17-18H2,1-2H3,(H,47,48)(H,49,50)(H,51,52)(H,53,54)(H,55,56)(H,57,58)(H,59,60)(H,61,62). The summed E-state index contributed by atoms with van der Waals surface area (Å²) < 4.78 is 0. The molecule has 0 aromatic rings. The highest BCUT2D eigenvalue weighted by atomic mass is 16.4. The lowest BCUT2D eigenvalue weighted by atomic mass is 9.67. The summed E-state index contributed by atoms with van der Waals surface area (Å²) in [5.41, 5.74) is -2.57. The maximum atomic E-state index is 12.6. The number of allylic oxidation sites excluding steroid dienone is 9. The first-order chi connectivity index (χ1) is 29.0. The van der Waals surface area contributed by atoms with Crippen LogP contribution in [0, 0.1) is 22.7 Å². The molecule has 0 saturated heterocycles. The lowest BCUT2D eigenvalue weighted by Gasteiger charge is -2.33. The van der Waals surface area contributed by atoms with Crippen molar-refractivity contribution in [3.8, 4) is 0 Å². The molecule has 4 atom stereocenters. The molecular formula is C42H44N4O16. The normalized spacial score (nSPS) is 24.0. The van der Waals surface area contributed by atoms with Gasteiger partial charge in [0, 0.05) is 71.2 Å². The molecule has 0 aromatic carbocycles. The Morgan fingerprint density at radius 1 is 0.452 bits per heavy atom. The summed E-state index contributed by atoms with van der Waals surface area (Å²) in [6, 6.07) is 0. The SMILES string of the molecule is CC1(CC(=O)O)C2=NC(=CC3=NC(=CC4=NC(=CC5=NC(=C2)C(CC(=O)O)=C5CCC(=O)O)C(CCC(=O)O)=C4CC(=O)O)C(CCC(=O)O)C3(C)CC(=O)O)C1CCC(=O)O. The minimum atomic E-state index is -1.52. The molecular weight excluding hydrogens is 816 g/mol. The van der Waals surface area contributed by atoms with Crippen molar-refractivity contribution < 1.29 is 79.2 Å². The van der Waals surface area contributed by atoms with E-state index in [4.69, 9.17) is 20.0 Å². The summed E-state index contributed by atoms with van der Waals surface area (Å²) in [7, 11) is 0. The van der Waals surface area contributed by atoms with Gasteiger partial charge in [0.15, 0.2) is 0 Å². The summed E-state index contributed by atoms with van der Waals surface area (Å²) in [6.45, 7) is 3.06. The van der Waals surface area contributed by atoms with Gasteiger partial charge in [0.05, 0.1) is 48.5 Å². The van der Waals surface area contributed by atoms with Crippen LogP contribution in [0.4, 0.5) is 0 Å². The molecule has 8 N–H and O–H groups in total. The minimum absolute atomic E-state index is 0.00799. The number of aliphatic imine (C=N–C) groups is 4. The first-order valence-electron chi connectivity index (χ1n) is 19.4. The number of nitrogens with zero attached hydrogens (tertiary/aromatic N) is 4. The van der Waals surface area contributed by atoms with E-state index in [1.165, 1.54) is 38.2 Å². The zero-order valence-electron chi connectivity index (χ0n) is 33.6. The topological polar surface area (TPSA) is 348 Å². The van der Waals surface area contributed by atoms with Crippen LogP contribution in [0.2, 0.25) is 0 Å². The second-order valence-corrected chi connectivity index (χ2v) is 16.0. The fourth-order valence-corrected chi connectivity index (χ4v) is 8.77. The monoisotopic (exact) mass is 860 g/mol. The van der Waals surface area contributed by atoms with Crippen molar-refractivity contribution in [2.75, 3.05) is 0 Å². The molecule has 0 radical (unpaired) electrons. The van der Waals surface area contributed by atoms with Crippen molar-refractivity contribution in [2.24, 2.45) is 42.6 Å². The first kappa shape index (κ1) is 46.0. The largest absolute Gasteiger partial charge is 0.481 e. The molecule has 0 spiro atoms. The zero-order chi connectivity index (χ0) is 45.8. The number of hydrogen-bond acceptors (Lipinski definition) is 12. The number of carbonyl (C=O) groups is 8. The summed E-state index contributed by atoms with van der Waals surface area (Å²) in [5, 5.41) is 79.6. The number of rotatable bonds is 20. The maximum Gasteiger partial charge on any atom is 0.307 e. The average molecular weight is 861 g/mol. The molecule has 0 aliphatic carbocycles. The van der Waals surface area contributed by atoms with Crippen molar-refractivity contribution in [1.29, 1.82) is 0 Å². The number of carboxylic acid groups (broad SMARTS) is 8. The van der Waals surface area contributed by atoms with Crippen molar-refractivity contribution in [3.05, 3.63) is 69.4 Å². The first-order valence-corrected chi connectivity index (χ1v) is 19.4. The van der Waals surface area contributed by atoms with Crippen LogP contribution in [-0.4, -0.2) is 111 Å². The molecule has 0 saturated carbocycles. The van der Waals surface area contributed by atoms with E-state index < -0.39 is 122 Å². The molecule has 5 heterocycles. The van der Waals surface area contributed by atoms with Crippen LogP contribution in [0.3, 0.4) is 0 Å². The summed E-state index contributed by atoms with van der Waals surface area (Å²) >= 11 is 0. The second kappa shape index (κ2) is 18.2. The molecule has 8 bridgehead atoms. The van der Waals surface area contributed by atoms with Gasteiger partial charge in [0.1, 0.15) is 0 Å². The van der Waals surface area contributed by atoms with Gasteiger partial charge in [-0.05, 0) is 72.3 Å². The Morgan fingerprint density at radius 3 is 1.31 bits per heavy atom. The Labute approximate surface area is 352 Å². The van der Waals surface area contributed by atoms with Crippen molar-refractivity contribution in [2.45, 2.75) is 90.9 Å². The fourth-order valence-electron chi connectivity index (χ4n) is 8.77. The quantitative estimate of drug-likeness (QED) is 0.0832. The van der Waals surface area contributed by atoms with Crippen LogP contribution in [0.15, 0.2) is 89.4 Å². The van der Waals surface area contributed by atoms with E-state index in [1.807, 2.05) is 0 Å². The Bertz CT molecular complexity index is 2390. The van der Waals surface area contributed by atoms with E-state index in [-0.39, 0.29) is 93.6 Å². The van der Waals surface area contributed by atoms with Gasteiger partial charge in [-0.3, -0.25) is 48.3 Å². The number of fused-ring (bicyclic) bond motifs is 4. The third kappa shape index (κ3) is 10.1. The van der Waals surface area contributed by atoms with E-state index in [0.29, 0.717) is 0 Å². The van der Waals surface area contributed by atoms with E-state index in [0.717, 1.165) is 0 Å². The highest BCUT2D eigenvalue weighted by Gasteiger charge is 2.51. The van der Waals surface area contributed by atoms with Crippen LogP contribution in [0.5, 0.6) is 0 Å². The van der Waals surface area contributed by atoms with Crippen LogP contribution < -0.4 is 0 Å². The minimum Gasteiger partial charge on any atom is -0.481 e. The maximum absolute atomic E-state index is 12.6. The Hall–Kier alpha value is -7.12. The highest BCUT2D eigenvalue weighted by Crippen LogP contribution is 2.52. The van der Waals surface area contributed by atoms with Gasteiger partial charge in [-0.1, -0.05) is 13.8 Å². The molecule has 20 heteroatoms. The molecule has 4 unspecified atom stereocenters. The van der Waals surface area contributed by atoms with E-state index in [9.17, 15) is 79.2 Å². The molecule has 0 aromatic heterocycles. The van der Waals surface area contributed by atoms with E-state index in [2.05, 4.69) is 0 Å². The van der Waals surface area contributed by atoms with Crippen LogP contribution in [-0.2, 0) is 38.4 Å². The van der Waals surface area contributed by atoms with Crippen molar-refractivity contribution in [3.63, 3.8) is 0 Å².